The van der Waals surface area contributed by atoms with Crippen LogP contribution in [0.2, 0.25) is 0 Å². The number of nitrogens with zero attached hydrogens (tertiary/aromatic N) is 1. The van der Waals surface area contributed by atoms with Crippen LogP contribution in [0.5, 0.6) is 0 Å². The van der Waals surface area contributed by atoms with Crippen LogP contribution in [0.15, 0.2) is 24.3 Å². The van der Waals surface area contributed by atoms with Gasteiger partial charge in [-0.25, -0.2) is 0 Å². The van der Waals surface area contributed by atoms with Gasteiger partial charge in [0.1, 0.15) is 5.97 Å². The van der Waals surface area contributed by atoms with E-state index in [9.17, 15) is 24.8 Å². The van der Waals surface area contributed by atoms with Gasteiger partial charge in [0, 0.05) is 18.6 Å². The third-order valence-electron chi connectivity index (χ3n) is 1.74. The van der Waals surface area contributed by atoms with Gasteiger partial charge >= 0.3 is 0 Å². The largest absolute Gasteiger partial charge is 0.542 e. The standard InChI is InChI=1S/C9H7NO5/c11-8(9(12)13)5-6-1-3-7(4-2-6)10(14)15/h1-4H,5H2,(H,12,13)/p-1. The summed E-state index contributed by atoms with van der Waals surface area (Å²) in [6.07, 6.45) is -0.319. The van der Waals surface area contributed by atoms with Gasteiger partial charge in [-0.15, -0.1) is 0 Å². The number of hydrogen-bond donors (Lipinski definition) is 0. The molecule has 0 aliphatic carbocycles. The number of ketones is 1. The summed E-state index contributed by atoms with van der Waals surface area (Å²) in [6.45, 7) is 0. The Morgan fingerprint density at radius 3 is 2.13 bits per heavy atom. The Kier molecular flexibility index (Phi) is 3.12. The third kappa shape index (κ3) is 2.87. The molecule has 78 valence electrons. The van der Waals surface area contributed by atoms with Crippen molar-refractivity contribution in [2.24, 2.45) is 0 Å². The van der Waals surface area contributed by atoms with E-state index in [1.54, 1.807) is 0 Å². The zero-order chi connectivity index (χ0) is 11.4. The Labute approximate surface area is 84.3 Å². The second kappa shape index (κ2) is 4.32. The molecule has 0 radical (unpaired) electrons. The molecule has 15 heavy (non-hydrogen) atoms. The lowest BCUT2D eigenvalue weighted by Gasteiger charge is -2.00. The van der Waals surface area contributed by atoms with E-state index in [0.717, 1.165) is 0 Å². The van der Waals surface area contributed by atoms with Gasteiger partial charge in [-0.1, -0.05) is 12.1 Å². The fourth-order valence-corrected chi connectivity index (χ4v) is 0.993. The van der Waals surface area contributed by atoms with E-state index in [1.165, 1.54) is 24.3 Å². The maximum absolute atomic E-state index is 10.7. The molecule has 0 fully saturated rings. The maximum atomic E-state index is 10.7. The second-order valence-corrected chi connectivity index (χ2v) is 2.81. The number of Topliss-reactive ketones (excluding diaryl/α,β-unsaturated/α-hetero) is 1. The van der Waals surface area contributed by atoms with Gasteiger partial charge in [0.15, 0.2) is 5.78 Å². The molecule has 0 aromatic heterocycles. The van der Waals surface area contributed by atoms with Crippen molar-refractivity contribution < 1.29 is 19.6 Å². The first-order valence-electron chi connectivity index (χ1n) is 3.98. The average molecular weight is 208 g/mol. The predicted octanol–water partition coefficient (Wildman–Crippen LogP) is -0.544. The minimum absolute atomic E-state index is 0.111. The van der Waals surface area contributed by atoms with E-state index < -0.39 is 16.7 Å². The molecular formula is C9H6NO5-. The fourth-order valence-electron chi connectivity index (χ4n) is 0.993. The van der Waals surface area contributed by atoms with Crippen LogP contribution in [-0.2, 0) is 16.0 Å². The van der Waals surface area contributed by atoms with Crippen molar-refractivity contribution in [2.45, 2.75) is 6.42 Å². The maximum Gasteiger partial charge on any atom is 0.269 e. The van der Waals surface area contributed by atoms with Crippen molar-refractivity contribution in [3.8, 4) is 0 Å². The highest BCUT2D eigenvalue weighted by molar-refractivity contribution is 6.32. The molecule has 0 saturated carbocycles. The number of rotatable bonds is 4. The summed E-state index contributed by atoms with van der Waals surface area (Å²) in [7, 11) is 0. The molecule has 0 spiro atoms. The summed E-state index contributed by atoms with van der Waals surface area (Å²) in [6, 6.07) is 5.08. The number of carboxylic acid groups (broad SMARTS) is 1. The average Bonchev–Trinajstić information content (AvgIpc) is 2.18. The molecule has 6 nitrogen and oxygen atoms in total. The Morgan fingerprint density at radius 1 is 1.20 bits per heavy atom. The molecule has 0 saturated heterocycles. The van der Waals surface area contributed by atoms with Crippen LogP contribution in [0.4, 0.5) is 5.69 Å². The van der Waals surface area contributed by atoms with Crippen LogP contribution >= 0.6 is 0 Å². The number of benzene rings is 1. The molecule has 1 aromatic carbocycles. The Morgan fingerprint density at radius 2 is 1.73 bits per heavy atom. The number of nitro benzene ring substituents is 1. The van der Waals surface area contributed by atoms with Crippen LogP contribution in [0.1, 0.15) is 5.56 Å². The number of carbonyl (C=O) groups excluding carboxylic acids is 2. The van der Waals surface area contributed by atoms with Crippen LogP contribution in [0.25, 0.3) is 0 Å². The van der Waals surface area contributed by atoms with Crippen LogP contribution in [0, 0.1) is 10.1 Å². The zero-order valence-electron chi connectivity index (χ0n) is 7.50. The summed E-state index contributed by atoms with van der Waals surface area (Å²) >= 11 is 0. The molecule has 1 aromatic rings. The summed E-state index contributed by atoms with van der Waals surface area (Å²) < 4.78 is 0. The lowest BCUT2D eigenvalue weighted by atomic mass is 10.1. The highest BCUT2D eigenvalue weighted by Gasteiger charge is 2.07. The molecule has 0 aliphatic rings. The summed E-state index contributed by atoms with van der Waals surface area (Å²) in [5.41, 5.74) is 0.287. The Hall–Kier alpha value is -2.24. The first kappa shape index (κ1) is 10.8. The monoisotopic (exact) mass is 208 g/mol. The van der Waals surface area contributed by atoms with Gasteiger partial charge in [0.05, 0.1) is 4.92 Å². The van der Waals surface area contributed by atoms with Gasteiger partial charge < -0.3 is 9.90 Å². The molecule has 0 heterocycles. The lowest BCUT2D eigenvalue weighted by molar-refractivity contribution is -0.384. The number of aliphatic carboxylic acids is 1. The molecule has 0 bridgehead atoms. The van der Waals surface area contributed by atoms with Crippen molar-refractivity contribution in [3.05, 3.63) is 39.9 Å². The van der Waals surface area contributed by atoms with Crippen LogP contribution < -0.4 is 5.11 Å². The van der Waals surface area contributed by atoms with E-state index in [2.05, 4.69) is 0 Å². The quantitative estimate of drug-likeness (QED) is 0.375. The topological polar surface area (TPSA) is 100 Å². The number of carboxylic acids is 1. The first-order valence-corrected chi connectivity index (χ1v) is 3.98. The smallest absolute Gasteiger partial charge is 0.269 e. The van der Waals surface area contributed by atoms with E-state index in [4.69, 9.17) is 0 Å². The number of carbonyl (C=O) groups is 2. The molecule has 0 unspecified atom stereocenters. The van der Waals surface area contributed by atoms with Crippen molar-refractivity contribution in [2.75, 3.05) is 0 Å². The van der Waals surface area contributed by atoms with E-state index >= 15 is 0 Å². The Bertz CT molecular complexity index is 409. The molecule has 0 aliphatic heterocycles. The number of non-ortho nitro benzene ring substituents is 1. The Balaban J connectivity index is 2.77. The van der Waals surface area contributed by atoms with Gasteiger partial charge in [-0.05, 0) is 5.56 Å². The normalized spacial score (nSPS) is 9.60. The van der Waals surface area contributed by atoms with Crippen molar-refractivity contribution in [1.29, 1.82) is 0 Å². The molecular weight excluding hydrogens is 202 g/mol. The number of hydrogen-bond acceptors (Lipinski definition) is 5. The molecule has 0 amide bonds. The lowest BCUT2D eigenvalue weighted by Crippen LogP contribution is -2.32. The van der Waals surface area contributed by atoms with Gasteiger partial charge in [-0.3, -0.25) is 14.9 Å². The van der Waals surface area contributed by atoms with Crippen molar-refractivity contribution >= 4 is 17.4 Å². The summed E-state index contributed by atoms with van der Waals surface area (Å²) in [4.78, 5) is 30.5. The van der Waals surface area contributed by atoms with E-state index in [1.807, 2.05) is 0 Å². The summed E-state index contributed by atoms with van der Waals surface area (Å²) in [5.74, 6) is -2.81. The molecule has 6 heteroatoms. The molecule has 1 rings (SSSR count). The highest BCUT2D eigenvalue weighted by Crippen LogP contribution is 2.12. The second-order valence-electron chi connectivity index (χ2n) is 2.81. The zero-order valence-corrected chi connectivity index (χ0v) is 7.50. The predicted molar refractivity (Wildman–Crippen MR) is 46.8 cm³/mol. The molecule has 0 N–H and O–H groups in total. The minimum Gasteiger partial charge on any atom is -0.542 e. The van der Waals surface area contributed by atoms with E-state index in [-0.39, 0.29) is 12.1 Å². The SMILES string of the molecule is O=C([O-])C(=O)Cc1ccc([N+](=O)[O-])cc1. The van der Waals surface area contributed by atoms with Crippen molar-refractivity contribution in [1.82, 2.24) is 0 Å². The third-order valence-corrected chi connectivity index (χ3v) is 1.74. The minimum atomic E-state index is -1.76. The molecule has 0 atom stereocenters. The van der Waals surface area contributed by atoms with Gasteiger partial charge in [0.2, 0.25) is 0 Å². The van der Waals surface area contributed by atoms with Crippen molar-refractivity contribution in [3.63, 3.8) is 0 Å². The van der Waals surface area contributed by atoms with Crippen LogP contribution in [-0.4, -0.2) is 16.7 Å². The highest BCUT2D eigenvalue weighted by atomic mass is 16.6. The fraction of sp³-hybridized carbons (Fsp3) is 0.111. The van der Waals surface area contributed by atoms with Gasteiger partial charge in [0.25, 0.3) is 5.69 Å². The van der Waals surface area contributed by atoms with Crippen LogP contribution in [0.3, 0.4) is 0 Å². The first-order chi connectivity index (χ1) is 7.00. The number of nitro groups is 1. The van der Waals surface area contributed by atoms with Gasteiger partial charge in [-0.2, -0.15) is 0 Å². The van der Waals surface area contributed by atoms with E-state index in [0.29, 0.717) is 5.56 Å². The summed E-state index contributed by atoms with van der Waals surface area (Å²) in [5, 5.41) is 20.4.